The van der Waals surface area contributed by atoms with Gasteiger partial charge in [0, 0.05) is 17.7 Å². The Morgan fingerprint density at radius 2 is 1.52 bits per heavy atom. The summed E-state index contributed by atoms with van der Waals surface area (Å²) in [6.45, 7) is 20.5. The van der Waals surface area contributed by atoms with Gasteiger partial charge in [0.2, 0.25) is 0 Å². The number of non-ortho nitro benzene ring substituents is 1. The summed E-state index contributed by atoms with van der Waals surface area (Å²) < 4.78 is 0. The molecular weight excluding hydrogens is 552 g/mol. The summed E-state index contributed by atoms with van der Waals surface area (Å²) in [7, 11) is 0. The summed E-state index contributed by atoms with van der Waals surface area (Å²) in [5.41, 5.74) is 5.54. The van der Waals surface area contributed by atoms with Gasteiger partial charge in [0.15, 0.2) is 0 Å². The number of benzene rings is 1. The minimum atomic E-state index is -0.611. The molecule has 1 aromatic carbocycles. The maximum Gasteiger partial charge on any atom is 0.301 e. The van der Waals surface area contributed by atoms with Gasteiger partial charge in [-0.2, -0.15) is 5.10 Å². The number of fused-ring (bicyclic) bond motifs is 7. The van der Waals surface area contributed by atoms with Crippen LogP contribution in [0.3, 0.4) is 0 Å². The van der Waals surface area contributed by atoms with E-state index >= 15 is 0 Å². The topological polar surface area (TPSA) is 111 Å². The maximum atomic E-state index is 11.7. The number of hydrazone groups is 1. The van der Waals surface area contributed by atoms with E-state index < -0.39 is 9.85 Å². The van der Waals surface area contributed by atoms with E-state index in [1.165, 1.54) is 69.9 Å². The fourth-order valence-electron chi connectivity index (χ4n) is 12.2. The summed E-state index contributed by atoms with van der Waals surface area (Å²) in [5, 5.41) is 27.7. The highest BCUT2D eigenvalue weighted by atomic mass is 16.6. The Hall–Kier alpha value is -2.51. The molecule has 5 saturated carbocycles. The maximum absolute atomic E-state index is 11.7. The molecule has 8 nitrogen and oxygen atoms in total. The van der Waals surface area contributed by atoms with Crippen LogP contribution in [0.25, 0.3) is 0 Å². The Morgan fingerprint density at radius 3 is 2.20 bits per heavy atom. The lowest BCUT2D eigenvalue weighted by molar-refractivity contribution is -0.393. The van der Waals surface area contributed by atoms with Crippen molar-refractivity contribution in [3.8, 4) is 0 Å². The van der Waals surface area contributed by atoms with Crippen molar-refractivity contribution < 1.29 is 9.85 Å². The zero-order valence-electron chi connectivity index (χ0n) is 28.3. The van der Waals surface area contributed by atoms with E-state index in [2.05, 4.69) is 60.8 Å². The van der Waals surface area contributed by atoms with Crippen LogP contribution < -0.4 is 5.43 Å². The SMILES string of the molecule is CC1C(=NNc2ccc([N+](=O)[O-])cc2[N+](=O)[O-])CCC2C1(C)CCC1(C)C3(C)CCC4(C)CCC(C)(C)CC4C3CCC21C. The van der Waals surface area contributed by atoms with Crippen LogP contribution in [0.5, 0.6) is 0 Å². The first kappa shape index (κ1) is 31.5. The predicted octanol–water partition coefficient (Wildman–Crippen LogP) is 10.2. The number of anilines is 1. The fraction of sp³-hybridized carbons (Fsp3) is 0.806. The molecule has 1 aromatic rings. The van der Waals surface area contributed by atoms with Crippen LogP contribution in [0.4, 0.5) is 17.1 Å². The molecule has 44 heavy (non-hydrogen) atoms. The lowest BCUT2D eigenvalue weighted by atomic mass is 9.29. The molecular formula is C36H54N4O4. The summed E-state index contributed by atoms with van der Waals surface area (Å²) >= 11 is 0. The van der Waals surface area contributed by atoms with Gasteiger partial charge in [-0.1, -0.05) is 55.4 Å². The van der Waals surface area contributed by atoms with Crippen LogP contribution in [-0.4, -0.2) is 15.6 Å². The molecule has 5 fully saturated rings. The van der Waals surface area contributed by atoms with E-state index in [0.717, 1.165) is 36.5 Å². The molecule has 5 aliphatic carbocycles. The highest BCUT2D eigenvalue weighted by molar-refractivity contribution is 5.89. The van der Waals surface area contributed by atoms with E-state index in [0.29, 0.717) is 27.6 Å². The lowest BCUT2D eigenvalue weighted by Crippen LogP contribution is -2.68. The predicted molar refractivity (Wildman–Crippen MR) is 176 cm³/mol. The Kier molecular flexibility index (Phi) is 7.15. The molecule has 0 heterocycles. The molecule has 0 saturated heterocycles. The molecule has 9 unspecified atom stereocenters. The van der Waals surface area contributed by atoms with E-state index in [1.54, 1.807) is 0 Å². The van der Waals surface area contributed by atoms with Crippen LogP contribution in [0.15, 0.2) is 23.3 Å². The van der Waals surface area contributed by atoms with Gasteiger partial charge in [-0.05, 0) is 127 Å². The molecule has 8 heteroatoms. The van der Waals surface area contributed by atoms with Gasteiger partial charge in [0.25, 0.3) is 5.69 Å². The number of rotatable bonds is 4. The zero-order chi connectivity index (χ0) is 32.1. The normalized spacial score (nSPS) is 45.3. The van der Waals surface area contributed by atoms with Crippen molar-refractivity contribution in [1.29, 1.82) is 0 Å². The first-order chi connectivity index (χ1) is 20.4. The van der Waals surface area contributed by atoms with Crippen molar-refractivity contribution in [3.05, 3.63) is 38.4 Å². The van der Waals surface area contributed by atoms with Crippen LogP contribution >= 0.6 is 0 Å². The minimum Gasteiger partial charge on any atom is -0.272 e. The third-order valence-corrected chi connectivity index (χ3v) is 15.7. The van der Waals surface area contributed by atoms with Gasteiger partial charge in [0.1, 0.15) is 5.69 Å². The average Bonchev–Trinajstić information content (AvgIpc) is 2.95. The van der Waals surface area contributed by atoms with Crippen LogP contribution in [0.2, 0.25) is 0 Å². The summed E-state index contributed by atoms with van der Waals surface area (Å²) in [5.74, 6) is 2.48. The molecule has 242 valence electrons. The molecule has 0 bridgehead atoms. The summed E-state index contributed by atoms with van der Waals surface area (Å²) in [6.07, 6.45) is 13.9. The van der Waals surface area contributed by atoms with Crippen LogP contribution in [0, 0.1) is 76.4 Å². The smallest absolute Gasteiger partial charge is 0.272 e. The van der Waals surface area contributed by atoms with E-state index in [-0.39, 0.29) is 33.8 Å². The number of nitro groups is 2. The third kappa shape index (κ3) is 4.31. The lowest BCUT2D eigenvalue weighted by Gasteiger charge is -2.75. The highest BCUT2D eigenvalue weighted by Crippen LogP contribution is 2.79. The third-order valence-electron chi connectivity index (χ3n) is 15.7. The average molecular weight is 607 g/mol. The van der Waals surface area contributed by atoms with Crippen LogP contribution in [-0.2, 0) is 0 Å². The van der Waals surface area contributed by atoms with Gasteiger partial charge in [-0.3, -0.25) is 25.7 Å². The minimum absolute atomic E-state index is 0.105. The first-order valence-electron chi connectivity index (χ1n) is 17.2. The van der Waals surface area contributed by atoms with Gasteiger partial charge in [-0.15, -0.1) is 0 Å². The second-order valence-corrected chi connectivity index (χ2v) is 17.7. The number of nitrogens with zero attached hydrogens (tertiary/aromatic N) is 3. The van der Waals surface area contributed by atoms with Crippen LogP contribution in [0.1, 0.15) is 126 Å². The van der Waals surface area contributed by atoms with E-state index in [4.69, 9.17) is 5.10 Å². The summed E-state index contributed by atoms with van der Waals surface area (Å²) in [4.78, 5) is 21.7. The molecule has 6 rings (SSSR count). The molecule has 0 aliphatic heterocycles. The Bertz CT molecular complexity index is 1410. The first-order valence-corrected chi connectivity index (χ1v) is 17.2. The van der Waals surface area contributed by atoms with Gasteiger partial charge in [0.05, 0.1) is 15.9 Å². The van der Waals surface area contributed by atoms with Gasteiger partial charge in [-0.25, -0.2) is 0 Å². The van der Waals surface area contributed by atoms with Crippen molar-refractivity contribution in [2.45, 2.75) is 126 Å². The van der Waals surface area contributed by atoms with Crippen molar-refractivity contribution in [1.82, 2.24) is 0 Å². The highest BCUT2D eigenvalue weighted by Gasteiger charge is 2.71. The molecule has 0 amide bonds. The molecule has 9 atom stereocenters. The molecule has 1 N–H and O–H groups in total. The Labute approximate surface area is 263 Å². The largest absolute Gasteiger partial charge is 0.301 e. The monoisotopic (exact) mass is 606 g/mol. The number of nitro benzene ring substituents is 2. The van der Waals surface area contributed by atoms with Crippen molar-refractivity contribution in [2.75, 3.05) is 5.43 Å². The van der Waals surface area contributed by atoms with Crippen molar-refractivity contribution in [3.63, 3.8) is 0 Å². The molecule has 0 spiro atoms. The Morgan fingerprint density at radius 1 is 0.818 bits per heavy atom. The quantitative estimate of drug-likeness (QED) is 0.271. The van der Waals surface area contributed by atoms with E-state index in [1.807, 2.05) is 0 Å². The fourth-order valence-corrected chi connectivity index (χ4v) is 12.2. The van der Waals surface area contributed by atoms with Crippen molar-refractivity contribution >= 4 is 22.8 Å². The number of nitrogens with one attached hydrogen (secondary N) is 1. The zero-order valence-corrected chi connectivity index (χ0v) is 28.3. The standard InChI is InChI=1S/C36H54N4O4/c1-23-27(37-38-28-10-9-24(39(41)42)21-29(28)40(43)44)11-12-30-33(23,5)18-20-36(8)34(6)19-17-32(4)16-15-31(2,3)22-26(32)25(34)13-14-35(30,36)7/h9-10,21,23,25-26,30,38H,11-20,22H2,1-8H3. The van der Waals surface area contributed by atoms with Crippen molar-refractivity contribution in [2.24, 2.45) is 61.3 Å². The molecule has 0 aromatic heterocycles. The van der Waals surface area contributed by atoms with Gasteiger partial charge < -0.3 is 0 Å². The molecule has 5 aliphatic rings. The number of hydrogen-bond donors (Lipinski definition) is 1. The second-order valence-electron chi connectivity index (χ2n) is 17.7. The van der Waals surface area contributed by atoms with E-state index in [9.17, 15) is 20.2 Å². The number of hydrogen-bond acceptors (Lipinski definition) is 6. The van der Waals surface area contributed by atoms with Gasteiger partial charge >= 0.3 is 5.69 Å². The summed E-state index contributed by atoms with van der Waals surface area (Å²) in [6, 6.07) is 3.69. The Balaban J connectivity index is 1.27. The molecule has 0 radical (unpaired) electrons. The second kappa shape index (κ2) is 9.99.